The summed E-state index contributed by atoms with van der Waals surface area (Å²) >= 11 is 0. The van der Waals surface area contributed by atoms with Crippen LogP contribution in [0.15, 0.2) is 12.1 Å². The number of amides is 1. The molecule has 7 nitrogen and oxygen atoms in total. The Morgan fingerprint density at radius 3 is 2.65 bits per heavy atom. The fourth-order valence-corrected chi connectivity index (χ4v) is 2.51. The molecule has 1 aromatic carbocycles. The summed E-state index contributed by atoms with van der Waals surface area (Å²) in [7, 11) is 5.44. The van der Waals surface area contributed by atoms with Crippen LogP contribution in [0.4, 0.5) is 0 Å². The van der Waals surface area contributed by atoms with Crippen LogP contribution in [0.25, 0.3) is 0 Å². The zero-order valence-electron chi connectivity index (χ0n) is 12.7. The lowest BCUT2D eigenvalue weighted by atomic mass is 9.95. The number of nitrogens with two attached hydrogens (primary N) is 1. The van der Waals surface area contributed by atoms with Crippen LogP contribution < -0.4 is 10.5 Å². The number of primary amides is 1. The Morgan fingerprint density at radius 2 is 2.09 bits per heavy atom. The van der Waals surface area contributed by atoms with Gasteiger partial charge < -0.3 is 20.7 Å². The van der Waals surface area contributed by atoms with E-state index >= 15 is 0 Å². The van der Waals surface area contributed by atoms with Crippen LogP contribution in [0.2, 0.25) is 6.32 Å². The number of carboxylic acid groups (broad SMARTS) is 1. The van der Waals surface area contributed by atoms with Gasteiger partial charge in [0.1, 0.15) is 23.2 Å². The van der Waals surface area contributed by atoms with E-state index < -0.39 is 5.97 Å². The number of likely N-dealkylation sites (tertiary alicyclic amines) is 1. The summed E-state index contributed by atoms with van der Waals surface area (Å²) in [6.45, 7) is 1.72. The zero-order valence-corrected chi connectivity index (χ0v) is 12.7. The number of carbonyl (C=O) groups is 2. The van der Waals surface area contributed by atoms with Crippen molar-refractivity contribution in [1.29, 1.82) is 0 Å². The Labute approximate surface area is 135 Å². The van der Waals surface area contributed by atoms with E-state index in [9.17, 15) is 19.8 Å². The van der Waals surface area contributed by atoms with E-state index in [-0.39, 0.29) is 35.5 Å². The molecular weight excluding hydrogens is 299 g/mol. The lowest BCUT2D eigenvalue weighted by Gasteiger charge is -2.39. The van der Waals surface area contributed by atoms with E-state index in [0.29, 0.717) is 37.9 Å². The zero-order chi connectivity index (χ0) is 17.0. The third-order valence-electron chi connectivity index (χ3n) is 3.74. The van der Waals surface area contributed by atoms with Gasteiger partial charge in [-0.25, -0.2) is 4.79 Å². The van der Waals surface area contributed by atoms with E-state index in [2.05, 4.69) is 0 Å². The molecular formula is C15H19BN2O5. The number of benzene rings is 1. The number of phenols is 1. The normalized spacial score (nSPS) is 15.1. The Morgan fingerprint density at radius 1 is 1.39 bits per heavy atom. The lowest BCUT2D eigenvalue weighted by Crippen LogP contribution is -2.54. The Kier molecular flexibility index (Phi) is 5.49. The van der Waals surface area contributed by atoms with Crippen molar-refractivity contribution in [3.8, 4) is 11.5 Å². The number of rotatable bonds is 8. The van der Waals surface area contributed by atoms with Crippen molar-refractivity contribution < 1.29 is 24.5 Å². The number of hydrogen-bond donors (Lipinski definition) is 3. The molecule has 1 fully saturated rings. The molecule has 0 atom stereocenters. The van der Waals surface area contributed by atoms with Crippen molar-refractivity contribution in [1.82, 2.24) is 4.90 Å². The highest BCUT2D eigenvalue weighted by Gasteiger charge is 2.30. The van der Waals surface area contributed by atoms with Crippen molar-refractivity contribution >= 4 is 19.7 Å². The Balaban J connectivity index is 2.02. The molecule has 0 aliphatic carbocycles. The molecule has 0 bridgehead atoms. The number of carboxylic acids is 1. The molecule has 1 saturated heterocycles. The van der Waals surface area contributed by atoms with E-state index in [0.717, 1.165) is 0 Å². The topological polar surface area (TPSA) is 113 Å². The minimum Gasteiger partial charge on any atom is -0.507 e. The molecule has 1 aliphatic heterocycles. The molecule has 0 saturated carbocycles. The molecule has 122 valence electrons. The summed E-state index contributed by atoms with van der Waals surface area (Å²) in [5, 5.41) is 19.4. The largest absolute Gasteiger partial charge is 0.507 e. The standard InChI is InChI=1S/C15H19BN2O5/c16-5-3-9-1-2-11(13(14(9)20)15(21)22)23-10-7-18(8-10)6-4-12(17)19/h1-2,10,20H,3-8H2,(H2,17,19)(H,21,22). The van der Waals surface area contributed by atoms with Crippen molar-refractivity contribution in [2.24, 2.45) is 5.73 Å². The highest BCUT2D eigenvalue weighted by atomic mass is 16.5. The first kappa shape index (κ1) is 17.1. The minimum absolute atomic E-state index is 0.135. The molecule has 0 aromatic heterocycles. The maximum atomic E-state index is 11.4. The Bertz CT molecular complexity index is 602. The molecule has 2 radical (unpaired) electrons. The predicted molar refractivity (Wildman–Crippen MR) is 84.0 cm³/mol. The molecule has 0 spiro atoms. The maximum absolute atomic E-state index is 11.4. The average Bonchev–Trinajstić information content (AvgIpc) is 2.43. The summed E-state index contributed by atoms with van der Waals surface area (Å²) in [4.78, 5) is 24.1. The number of carbonyl (C=O) groups excluding carboxylic acids is 1. The quantitative estimate of drug-likeness (QED) is 0.588. The molecule has 1 aliphatic rings. The van der Waals surface area contributed by atoms with Crippen LogP contribution in [0.1, 0.15) is 22.3 Å². The van der Waals surface area contributed by atoms with Gasteiger partial charge in [0.15, 0.2) is 0 Å². The molecule has 1 amide bonds. The average molecular weight is 318 g/mol. The van der Waals surface area contributed by atoms with E-state index in [1.54, 1.807) is 12.1 Å². The van der Waals surface area contributed by atoms with E-state index in [1.165, 1.54) is 0 Å². The van der Waals surface area contributed by atoms with Crippen LogP contribution in [0.5, 0.6) is 11.5 Å². The van der Waals surface area contributed by atoms with Gasteiger partial charge in [-0.2, -0.15) is 0 Å². The van der Waals surface area contributed by atoms with Crippen LogP contribution in [0.3, 0.4) is 0 Å². The Hall–Kier alpha value is -2.22. The van der Waals surface area contributed by atoms with Crippen molar-refractivity contribution in [3.05, 3.63) is 23.3 Å². The summed E-state index contributed by atoms with van der Waals surface area (Å²) in [6, 6.07) is 3.16. The number of nitrogens with zero attached hydrogens (tertiary/aromatic N) is 1. The smallest absolute Gasteiger partial charge is 0.343 e. The second kappa shape index (κ2) is 7.37. The number of ether oxygens (including phenoxy) is 1. The number of aryl methyl sites for hydroxylation is 1. The van der Waals surface area contributed by atoms with Gasteiger partial charge in [0.05, 0.1) is 7.85 Å². The first-order chi connectivity index (χ1) is 10.9. The predicted octanol–water partition coefficient (Wildman–Crippen LogP) is 0.158. The van der Waals surface area contributed by atoms with E-state index in [4.69, 9.17) is 18.3 Å². The second-order valence-electron chi connectivity index (χ2n) is 5.51. The van der Waals surface area contributed by atoms with Gasteiger partial charge in [-0.1, -0.05) is 12.4 Å². The van der Waals surface area contributed by atoms with Crippen molar-refractivity contribution in [3.63, 3.8) is 0 Å². The number of aromatic hydroxyl groups is 1. The minimum atomic E-state index is -1.25. The van der Waals surface area contributed by atoms with Gasteiger partial charge in [-0.15, -0.1) is 0 Å². The lowest BCUT2D eigenvalue weighted by molar-refractivity contribution is -0.118. The second-order valence-corrected chi connectivity index (χ2v) is 5.51. The first-order valence-electron chi connectivity index (χ1n) is 7.38. The van der Waals surface area contributed by atoms with Gasteiger partial charge in [-0.05, 0) is 18.1 Å². The summed E-state index contributed by atoms with van der Waals surface area (Å²) in [5.41, 5.74) is 5.32. The SMILES string of the molecule is [B]CCc1ccc(OC2CN(CCC(N)=O)C2)c(C(=O)O)c1O. The molecule has 8 heteroatoms. The van der Waals surface area contributed by atoms with Gasteiger partial charge >= 0.3 is 5.97 Å². The molecule has 1 heterocycles. The third-order valence-corrected chi connectivity index (χ3v) is 3.74. The van der Waals surface area contributed by atoms with Crippen LogP contribution >= 0.6 is 0 Å². The fraction of sp³-hybridized carbons (Fsp3) is 0.467. The van der Waals surface area contributed by atoms with Gasteiger partial charge in [-0.3, -0.25) is 9.69 Å². The highest BCUT2D eigenvalue weighted by Crippen LogP contribution is 2.33. The first-order valence-corrected chi connectivity index (χ1v) is 7.38. The summed E-state index contributed by atoms with van der Waals surface area (Å²) in [5.74, 6) is -1.77. The third kappa shape index (κ3) is 4.16. The summed E-state index contributed by atoms with van der Waals surface area (Å²) < 4.78 is 5.66. The molecule has 1 aromatic rings. The highest BCUT2D eigenvalue weighted by molar-refractivity contribution is 6.08. The molecule has 4 N–H and O–H groups in total. The molecule has 2 rings (SSSR count). The van der Waals surface area contributed by atoms with Crippen molar-refractivity contribution in [2.75, 3.05) is 19.6 Å². The van der Waals surface area contributed by atoms with Crippen LogP contribution in [-0.2, 0) is 11.2 Å². The van der Waals surface area contributed by atoms with Crippen LogP contribution in [-0.4, -0.2) is 60.6 Å². The van der Waals surface area contributed by atoms with Crippen LogP contribution in [0, 0.1) is 0 Å². The van der Waals surface area contributed by atoms with Crippen molar-refractivity contribution in [2.45, 2.75) is 25.3 Å². The molecule has 0 unspecified atom stereocenters. The van der Waals surface area contributed by atoms with Gasteiger partial charge in [0.2, 0.25) is 5.91 Å². The van der Waals surface area contributed by atoms with Gasteiger partial charge in [0, 0.05) is 26.1 Å². The van der Waals surface area contributed by atoms with Gasteiger partial charge in [0.25, 0.3) is 0 Å². The molecule has 23 heavy (non-hydrogen) atoms. The summed E-state index contributed by atoms with van der Waals surface area (Å²) in [6.07, 6.45) is 0.795. The van der Waals surface area contributed by atoms with E-state index in [1.807, 2.05) is 4.90 Å². The fourth-order valence-electron chi connectivity index (χ4n) is 2.51. The monoisotopic (exact) mass is 318 g/mol. The number of hydrogen-bond acceptors (Lipinski definition) is 5. The maximum Gasteiger partial charge on any atom is 0.343 e. The number of aromatic carboxylic acids is 1.